The normalized spacial score (nSPS) is 19.7. The van der Waals surface area contributed by atoms with Crippen molar-refractivity contribution in [2.75, 3.05) is 6.61 Å². The minimum atomic E-state index is -1.87. The first kappa shape index (κ1) is 20.8. The van der Waals surface area contributed by atoms with Crippen molar-refractivity contribution in [3.05, 3.63) is 58.9 Å². The second kappa shape index (κ2) is 8.19. The van der Waals surface area contributed by atoms with E-state index in [0.717, 1.165) is 9.87 Å². The second-order valence-electron chi connectivity index (χ2n) is 7.49. The van der Waals surface area contributed by atoms with E-state index in [1.807, 2.05) is 12.1 Å². The van der Waals surface area contributed by atoms with Gasteiger partial charge in [-0.2, -0.15) is 4.31 Å². The molecule has 0 aliphatic carbocycles. The van der Waals surface area contributed by atoms with E-state index < -0.39 is 29.0 Å². The molecule has 5 nitrogen and oxygen atoms in total. The Kier molecular flexibility index (Phi) is 6.07. The molecule has 0 bridgehead atoms. The summed E-state index contributed by atoms with van der Waals surface area (Å²) in [6.45, 7) is 5.38. The Morgan fingerprint density at radius 1 is 1.29 bits per heavy atom. The van der Waals surface area contributed by atoms with Gasteiger partial charge in [-0.1, -0.05) is 35.9 Å². The largest absolute Gasteiger partial charge is 0.443 e. The van der Waals surface area contributed by atoms with Gasteiger partial charge in [0.25, 0.3) is 11.3 Å². The van der Waals surface area contributed by atoms with Crippen LogP contribution in [0.2, 0.25) is 5.02 Å². The Hall–Kier alpha value is -1.96. The lowest BCUT2D eigenvalue weighted by Gasteiger charge is -2.25. The fourth-order valence-corrected chi connectivity index (χ4v) is 3.95. The van der Waals surface area contributed by atoms with Crippen LogP contribution in [-0.2, 0) is 26.6 Å². The number of carbonyl (C=O) groups is 1. The molecule has 1 aliphatic heterocycles. The number of hydrogen-bond donors (Lipinski definition) is 0. The molecule has 1 fully saturated rings. The number of ether oxygens (including phenoxy) is 1. The lowest BCUT2D eigenvalue weighted by atomic mass is 10.0. The van der Waals surface area contributed by atoms with Crippen LogP contribution in [0.15, 0.2) is 42.5 Å². The van der Waals surface area contributed by atoms with E-state index >= 15 is 0 Å². The number of halogens is 2. The third-order valence-electron chi connectivity index (χ3n) is 4.09. The van der Waals surface area contributed by atoms with E-state index in [9.17, 15) is 13.4 Å². The molecular formula is C20H21ClFNO4S. The number of benzene rings is 2. The fraction of sp³-hybridized carbons (Fsp3) is 0.350. The van der Waals surface area contributed by atoms with E-state index in [-0.39, 0.29) is 12.4 Å². The molecule has 0 aromatic heterocycles. The van der Waals surface area contributed by atoms with Gasteiger partial charge in [0, 0.05) is 10.6 Å². The first-order valence-electron chi connectivity index (χ1n) is 8.76. The van der Waals surface area contributed by atoms with Crippen LogP contribution in [0.1, 0.15) is 26.3 Å². The first-order valence-corrected chi connectivity index (χ1v) is 10.2. The van der Waals surface area contributed by atoms with Crippen molar-refractivity contribution >= 4 is 29.0 Å². The van der Waals surface area contributed by atoms with Gasteiger partial charge < -0.3 is 4.74 Å². The van der Waals surface area contributed by atoms with Crippen molar-refractivity contribution in [2.45, 2.75) is 38.8 Å². The lowest BCUT2D eigenvalue weighted by molar-refractivity contribution is 0.0363. The molecule has 0 spiro atoms. The minimum absolute atomic E-state index is 0.149. The van der Waals surface area contributed by atoms with Crippen LogP contribution in [0.3, 0.4) is 0 Å². The van der Waals surface area contributed by atoms with Crippen LogP contribution in [0.5, 0.6) is 0 Å². The van der Waals surface area contributed by atoms with E-state index in [0.29, 0.717) is 22.6 Å². The van der Waals surface area contributed by atoms with Crippen molar-refractivity contribution < 1.29 is 22.3 Å². The molecular weight excluding hydrogens is 405 g/mol. The van der Waals surface area contributed by atoms with Gasteiger partial charge in [0.15, 0.2) is 0 Å². The van der Waals surface area contributed by atoms with Crippen LogP contribution in [0.25, 0.3) is 11.1 Å². The summed E-state index contributed by atoms with van der Waals surface area (Å²) >= 11 is 4.08. The van der Waals surface area contributed by atoms with Crippen molar-refractivity contribution in [3.63, 3.8) is 0 Å². The molecule has 3 rings (SSSR count). The summed E-state index contributed by atoms with van der Waals surface area (Å²) in [5.74, 6) is -0.354. The zero-order chi connectivity index (χ0) is 20.5. The van der Waals surface area contributed by atoms with Gasteiger partial charge in [-0.3, -0.25) is 4.18 Å². The first-order chi connectivity index (χ1) is 13.1. The molecule has 2 atom stereocenters. The summed E-state index contributed by atoms with van der Waals surface area (Å²) in [5.41, 5.74) is 1.31. The van der Waals surface area contributed by atoms with Gasteiger partial charge in [0.2, 0.25) is 0 Å². The summed E-state index contributed by atoms with van der Waals surface area (Å²) in [6, 6.07) is 11.2. The molecule has 0 N–H and O–H groups in total. The average Bonchev–Trinajstić information content (AvgIpc) is 2.97. The number of amides is 1. The SMILES string of the molecule is CC(C)(C)OC(=O)N1C(Cc2ccc(-c3cc(Cl)ccc3F)cc2)COS1=O. The monoisotopic (exact) mass is 425 g/mol. The van der Waals surface area contributed by atoms with Gasteiger partial charge >= 0.3 is 6.09 Å². The standard InChI is InChI=1S/C20H21ClFNO4S/c1-20(2,3)27-19(24)23-16(12-26-28(23)25)10-13-4-6-14(7-5-13)17-11-15(21)8-9-18(17)22/h4-9,11,16H,10,12H2,1-3H3. The highest BCUT2D eigenvalue weighted by molar-refractivity contribution is 7.78. The summed E-state index contributed by atoms with van der Waals surface area (Å²) in [7, 11) is 0. The summed E-state index contributed by atoms with van der Waals surface area (Å²) in [6.07, 6.45) is -0.241. The quantitative estimate of drug-likeness (QED) is 0.701. The Balaban J connectivity index is 1.75. The highest BCUT2D eigenvalue weighted by Crippen LogP contribution is 2.28. The van der Waals surface area contributed by atoms with Gasteiger partial charge in [-0.15, -0.1) is 0 Å². The van der Waals surface area contributed by atoms with Gasteiger partial charge in [-0.05, 0) is 56.5 Å². The second-order valence-corrected chi connectivity index (χ2v) is 8.99. The molecule has 0 saturated carbocycles. The maximum atomic E-state index is 14.0. The van der Waals surface area contributed by atoms with Crippen LogP contribution in [-0.4, -0.2) is 32.9 Å². The van der Waals surface area contributed by atoms with Crippen molar-refractivity contribution in [2.24, 2.45) is 0 Å². The minimum Gasteiger partial charge on any atom is -0.443 e. The Labute approximate surface area is 171 Å². The van der Waals surface area contributed by atoms with E-state index in [1.54, 1.807) is 39.0 Å². The third kappa shape index (κ3) is 4.90. The van der Waals surface area contributed by atoms with E-state index in [4.69, 9.17) is 20.5 Å². The van der Waals surface area contributed by atoms with Crippen LogP contribution in [0.4, 0.5) is 9.18 Å². The van der Waals surface area contributed by atoms with Crippen molar-refractivity contribution in [1.82, 2.24) is 4.31 Å². The highest BCUT2D eigenvalue weighted by Gasteiger charge is 2.39. The molecule has 0 radical (unpaired) electrons. The maximum absolute atomic E-state index is 14.0. The molecule has 1 aliphatic rings. The molecule has 1 amide bonds. The molecule has 8 heteroatoms. The predicted octanol–water partition coefficient (Wildman–Crippen LogP) is 4.90. The Bertz CT molecular complexity index is 898. The summed E-state index contributed by atoms with van der Waals surface area (Å²) < 4.78 is 37.7. The Morgan fingerprint density at radius 2 is 1.96 bits per heavy atom. The van der Waals surface area contributed by atoms with Crippen LogP contribution < -0.4 is 0 Å². The third-order valence-corrected chi connectivity index (χ3v) is 5.43. The van der Waals surface area contributed by atoms with Crippen molar-refractivity contribution in [3.8, 4) is 11.1 Å². The number of rotatable bonds is 3. The summed E-state index contributed by atoms with van der Waals surface area (Å²) in [5, 5.41) is 0.457. The predicted molar refractivity (Wildman–Crippen MR) is 107 cm³/mol. The fourth-order valence-electron chi connectivity index (χ4n) is 2.85. The van der Waals surface area contributed by atoms with E-state index in [1.165, 1.54) is 12.1 Å². The van der Waals surface area contributed by atoms with Crippen LogP contribution >= 0.6 is 11.6 Å². The van der Waals surface area contributed by atoms with Crippen LogP contribution in [0, 0.1) is 5.82 Å². The number of hydrogen-bond acceptors (Lipinski definition) is 4. The van der Waals surface area contributed by atoms with Gasteiger partial charge in [0.1, 0.15) is 11.4 Å². The topological polar surface area (TPSA) is 55.8 Å². The molecule has 2 aromatic rings. The number of carbonyl (C=O) groups excluding carboxylic acids is 1. The lowest BCUT2D eigenvalue weighted by Crippen LogP contribution is -2.41. The zero-order valence-electron chi connectivity index (χ0n) is 15.8. The average molecular weight is 426 g/mol. The van der Waals surface area contributed by atoms with Gasteiger partial charge in [-0.25, -0.2) is 13.4 Å². The van der Waals surface area contributed by atoms with E-state index in [2.05, 4.69) is 0 Å². The Morgan fingerprint density at radius 3 is 2.61 bits per heavy atom. The van der Waals surface area contributed by atoms with Gasteiger partial charge in [0.05, 0.1) is 12.6 Å². The summed E-state index contributed by atoms with van der Waals surface area (Å²) in [4.78, 5) is 12.4. The zero-order valence-corrected chi connectivity index (χ0v) is 17.3. The molecule has 2 unspecified atom stereocenters. The molecule has 150 valence electrons. The molecule has 1 heterocycles. The molecule has 2 aromatic carbocycles. The molecule has 28 heavy (non-hydrogen) atoms. The smallest absolute Gasteiger partial charge is 0.424 e. The highest BCUT2D eigenvalue weighted by atomic mass is 35.5. The maximum Gasteiger partial charge on any atom is 0.424 e. The molecule has 1 saturated heterocycles. The number of nitrogens with zero attached hydrogens (tertiary/aromatic N) is 1. The van der Waals surface area contributed by atoms with Crippen molar-refractivity contribution in [1.29, 1.82) is 0 Å².